The van der Waals surface area contributed by atoms with Crippen LogP contribution in [0.3, 0.4) is 0 Å². The van der Waals surface area contributed by atoms with Crippen LogP contribution in [0.4, 0.5) is 0 Å². The molecule has 0 aromatic carbocycles. The van der Waals surface area contributed by atoms with E-state index in [9.17, 15) is 10.2 Å². The smallest absolute Gasteiger partial charge is 0.0543 e. The van der Waals surface area contributed by atoms with Crippen molar-refractivity contribution in [2.75, 3.05) is 6.61 Å². The molecule has 2 nitrogen and oxygen atoms in total. The van der Waals surface area contributed by atoms with Crippen LogP contribution in [0.2, 0.25) is 0 Å². The van der Waals surface area contributed by atoms with E-state index in [-0.39, 0.29) is 18.1 Å². The highest BCUT2D eigenvalue weighted by molar-refractivity contribution is 5.22. The van der Waals surface area contributed by atoms with Gasteiger partial charge in [-0.25, -0.2) is 0 Å². The van der Waals surface area contributed by atoms with Crippen molar-refractivity contribution in [1.29, 1.82) is 0 Å². The highest BCUT2D eigenvalue weighted by Crippen LogP contribution is 2.68. The van der Waals surface area contributed by atoms with Gasteiger partial charge >= 0.3 is 0 Å². The van der Waals surface area contributed by atoms with E-state index in [0.717, 1.165) is 18.8 Å². The molecule has 0 saturated heterocycles. The molecule has 102 valence electrons. The molecule has 2 N–H and O–H groups in total. The average molecular weight is 250 g/mol. The van der Waals surface area contributed by atoms with Crippen LogP contribution >= 0.6 is 0 Å². The van der Waals surface area contributed by atoms with Crippen molar-refractivity contribution in [2.24, 2.45) is 35.0 Å². The fourth-order valence-corrected chi connectivity index (χ4v) is 5.84. The van der Waals surface area contributed by atoms with Crippen LogP contribution in [-0.4, -0.2) is 22.9 Å². The molecule has 5 unspecified atom stereocenters. The second kappa shape index (κ2) is 4.08. The third kappa shape index (κ3) is 1.55. The molecular weight excluding hydrogens is 224 g/mol. The van der Waals surface area contributed by atoms with Gasteiger partial charge in [0.25, 0.3) is 0 Å². The summed E-state index contributed by atoms with van der Waals surface area (Å²) in [5.74, 6) is 2.90. The second-order valence-electron chi connectivity index (χ2n) is 7.34. The molecule has 2 heteroatoms. The molecule has 3 aliphatic rings. The lowest BCUT2D eigenvalue weighted by Gasteiger charge is -2.51. The van der Waals surface area contributed by atoms with Crippen LogP contribution in [0, 0.1) is 35.0 Å². The number of aliphatic hydroxyl groups excluding tert-OH is 2. The quantitative estimate of drug-likeness (QED) is 0.740. The van der Waals surface area contributed by atoms with Crippen LogP contribution in [0.15, 0.2) is 12.2 Å². The summed E-state index contributed by atoms with van der Waals surface area (Å²) in [6, 6.07) is 0. The molecule has 3 aliphatic carbocycles. The Morgan fingerprint density at radius 1 is 1.44 bits per heavy atom. The predicted octanol–water partition coefficient (Wildman–Crippen LogP) is 2.60. The molecule has 3 fully saturated rings. The predicted molar refractivity (Wildman–Crippen MR) is 71.9 cm³/mol. The van der Waals surface area contributed by atoms with Crippen LogP contribution in [-0.2, 0) is 0 Å². The average Bonchev–Trinajstić information content (AvgIpc) is 2.84. The number of hydrogen-bond acceptors (Lipinski definition) is 2. The summed E-state index contributed by atoms with van der Waals surface area (Å²) < 4.78 is 0. The Hall–Kier alpha value is -0.340. The van der Waals surface area contributed by atoms with Gasteiger partial charge in [-0.15, -0.1) is 0 Å². The summed E-state index contributed by atoms with van der Waals surface area (Å²) in [6.07, 6.45) is 4.41. The first-order valence-corrected chi connectivity index (χ1v) is 7.44. The minimum atomic E-state index is -0.180. The standard InChI is InChI=1S/C16H26O2/c1-9-4-11(8-17)7-16(3)14-6-12(15(9)16)5-13(14)10(2)18/h10-15,17-18H,1,4-8H2,2-3H3/t10?,11?,12?,13?,14?,15-,16+/m0/s1. The molecule has 7 atom stereocenters. The van der Waals surface area contributed by atoms with E-state index in [1.54, 1.807) is 0 Å². The maximum Gasteiger partial charge on any atom is 0.0543 e. The van der Waals surface area contributed by atoms with Gasteiger partial charge in [-0.1, -0.05) is 19.1 Å². The molecule has 0 aromatic heterocycles. The molecule has 2 bridgehead atoms. The van der Waals surface area contributed by atoms with Gasteiger partial charge in [0.1, 0.15) is 0 Å². The van der Waals surface area contributed by atoms with Crippen molar-refractivity contribution in [2.45, 2.75) is 45.6 Å². The number of hydrogen-bond donors (Lipinski definition) is 2. The lowest BCUT2D eigenvalue weighted by Crippen LogP contribution is -2.46. The summed E-state index contributed by atoms with van der Waals surface area (Å²) >= 11 is 0. The largest absolute Gasteiger partial charge is 0.396 e. The van der Waals surface area contributed by atoms with Gasteiger partial charge in [0.2, 0.25) is 0 Å². The van der Waals surface area contributed by atoms with Gasteiger partial charge in [0.05, 0.1) is 6.10 Å². The highest BCUT2D eigenvalue weighted by Gasteiger charge is 2.62. The van der Waals surface area contributed by atoms with Crippen LogP contribution in [0.5, 0.6) is 0 Å². The summed E-state index contributed by atoms with van der Waals surface area (Å²) in [4.78, 5) is 0. The van der Waals surface area contributed by atoms with Gasteiger partial charge in [-0.05, 0) is 67.6 Å². The molecule has 0 radical (unpaired) electrons. The maximum absolute atomic E-state index is 10.00. The van der Waals surface area contributed by atoms with E-state index in [2.05, 4.69) is 13.5 Å². The molecule has 18 heavy (non-hydrogen) atoms. The summed E-state index contributed by atoms with van der Waals surface area (Å²) in [7, 11) is 0. The van der Waals surface area contributed by atoms with E-state index in [1.807, 2.05) is 6.92 Å². The Labute approximate surface area is 110 Å². The summed E-state index contributed by atoms with van der Waals surface area (Å²) in [6.45, 7) is 8.95. The molecule has 3 saturated carbocycles. The first-order chi connectivity index (χ1) is 8.47. The van der Waals surface area contributed by atoms with Gasteiger partial charge in [0.15, 0.2) is 0 Å². The first-order valence-electron chi connectivity index (χ1n) is 7.44. The molecule has 0 heterocycles. The van der Waals surface area contributed by atoms with E-state index in [4.69, 9.17) is 0 Å². The van der Waals surface area contributed by atoms with Crippen molar-refractivity contribution in [3.8, 4) is 0 Å². The Kier molecular flexibility index (Phi) is 2.87. The van der Waals surface area contributed by atoms with E-state index in [1.165, 1.54) is 18.4 Å². The first kappa shape index (κ1) is 12.7. The van der Waals surface area contributed by atoms with E-state index >= 15 is 0 Å². The molecule has 0 aliphatic heterocycles. The van der Waals surface area contributed by atoms with Crippen LogP contribution < -0.4 is 0 Å². The fraction of sp³-hybridized carbons (Fsp3) is 0.875. The van der Waals surface area contributed by atoms with Crippen molar-refractivity contribution in [3.63, 3.8) is 0 Å². The third-order valence-electron chi connectivity index (χ3n) is 6.27. The van der Waals surface area contributed by atoms with Crippen LogP contribution in [0.1, 0.15) is 39.5 Å². The number of fused-ring (bicyclic) bond motifs is 5. The molecule has 3 rings (SSSR count). The number of allylic oxidation sites excluding steroid dienone is 1. The maximum atomic E-state index is 10.00. The Bertz CT molecular complexity index is 362. The lowest BCUT2D eigenvalue weighted by atomic mass is 9.54. The Morgan fingerprint density at radius 2 is 2.17 bits per heavy atom. The lowest BCUT2D eigenvalue weighted by molar-refractivity contribution is -0.0252. The van der Waals surface area contributed by atoms with E-state index in [0.29, 0.717) is 23.7 Å². The Balaban J connectivity index is 1.91. The Morgan fingerprint density at radius 3 is 2.78 bits per heavy atom. The molecule has 0 amide bonds. The fourth-order valence-electron chi connectivity index (χ4n) is 5.84. The zero-order chi connectivity index (χ0) is 13.1. The van der Waals surface area contributed by atoms with Crippen molar-refractivity contribution >= 4 is 0 Å². The number of aliphatic hydroxyl groups is 2. The summed E-state index contributed by atoms with van der Waals surface area (Å²) in [5.41, 5.74) is 1.66. The SMILES string of the molecule is C=C1CC(CO)C[C@]2(C)C3CC(CC3C(C)O)[C@H]12. The van der Waals surface area contributed by atoms with Crippen molar-refractivity contribution < 1.29 is 10.2 Å². The van der Waals surface area contributed by atoms with Crippen molar-refractivity contribution in [3.05, 3.63) is 12.2 Å². The molecule has 0 aromatic rings. The monoisotopic (exact) mass is 250 g/mol. The minimum Gasteiger partial charge on any atom is -0.396 e. The second-order valence-corrected chi connectivity index (χ2v) is 7.34. The zero-order valence-electron chi connectivity index (χ0n) is 11.6. The van der Waals surface area contributed by atoms with Gasteiger partial charge in [0, 0.05) is 6.61 Å². The summed E-state index contributed by atoms with van der Waals surface area (Å²) in [5, 5.41) is 19.5. The van der Waals surface area contributed by atoms with Gasteiger partial charge < -0.3 is 10.2 Å². The van der Waals surface area contributed by atoms with Gasteiger partial charge in [-0.2, -0.15) is 0 Å². The topological polar surface area (TPSA) is 40.5 Å². The highest BCUT2D eigenvalue weighted by atomic mass is 16.3. The number of rotatable bonds is 2. The zero-order valence-corrected chi connectivity index (χ0v) is 11.6. The molecular formula is C16H26O2. The van der Waals surface area contributed by atoms with Crippen LogP contribution in [0.25, 0.3) is 0 Å². The third-order valence-corrected chi connectivity index (χ3v) is 6.27. The minimum absolute atomic E-state index is 0.180. The van der Waals surface area contributed by atoms with E-state index < -0.39 is 0 Å². The normalized spacial score (nSPS) is 52.4. The van der Waals surface area contributed by atoms with Gasteiger partial charge in [-0.3, -0.25) is 0 Å². The van der Waals surface area contributed by atoms with Crippen molar-refractivity contribution in [1.82, 2.24) is 0 Å². The molecule has 0 spiro atoms.